The predicted molar refractivity (Wildman–Crippen MR) is 421 cm³/mol. The van der Waals surface area contributed by atoms with Crippen molar-refractivity contribution in [3.05, 3.63) is 294 Å². The van der Waals surface area contributed by atoms with Crippen molar-refractivity contribution < 1.29 is 23.6 Å². The molecule has 10 aromatic rings. The molecule has 6 aromatic carbocycles. The second kappa shape index (κ2) is 35.6. The van der Waals surface area contributed by atoms with Crippen LogP contribution in [0.5, 0.6) is 0 Å². The van der Waals surface area contributed by atoms with Crippen LogP contribution in [0.2, 0.25) is 0 Å². The van der Waals surface area contributed by atoms with Crippen LogP contribution in [0.1, 0.15) is 292 Å². The first kappa shape index (κ1) is 79.9. The van der Waals surface area contributed by atoms with Gasteiger partial charge in [0.1, 0.15) is 5.82 Å². The largest absolute Gasteiger partial charge is 0.348 e. The van der Waals surface area contributed by atoms with E-state index in [1.807, 2.05) is 88.5 Å². The lowest BCUT2D eigenvalue weighted by Gasteiger charge is -2.09. The van der Waals surface area contributed by atoms with Crippen molar-refractivity contribution in [3.8, 4) is 0 Å². The van der Waals surface area contributed by atoms with E-state index in [1.165, 1.54) is 64.0 Å². The van der Waals surface area contributed by atoms with Crippen molar-refractivity contribution in [2.75, 3.05) is 0 Å². The Morgan fingerprint density at radius 3 is 1.67 bits per heavy atom. The molecule has 0 bridgehead atoms. The number of aromatic amines is 4. The van der Waals surface area contributed by atoms with Gasteiger partial charge in [0.15, 0.2) is 5.78 Å². The number of H-pyrrole nitrogens is 4. The standard InChI is InChI=1S/C13H15NO.C11H13FO.C11H12N2O2.C11H12N2O.2C11H13NO.C11H13N.C8H11NO/c1-8(2)9-3-4-11-10(7-9)12(15)14-13(11)5-6-13;1-7(2)9-4-5-11(12)10(6-9)8(3)13;1-6(2)7-4-3-5-8-9(7)12-11(15)13-10(8)14;1-7(2)8-4-3-5-9-10(8)12-6-13-11(9)14;1-7(2)8-3-4-9-6-12-11(13)10(9)5-8;1-7(2)8-4-3-5-9-10(8)6-12-11(9)13;1-8(2)10-6-9-4-3-5-11(9)12-7-10;1-6(2)7-3-4-9-8(10)5-7/h3-4,7-8H,5-6H2,1-2H3,(H,14,15);4-7H,1-3H3;3-6H,1-2H3,(H2,12,13,14,15);3-7H,1-2H3,(H,12,13,14);2*3-5,7H,6H2,1-2H3,(H,12,13);3-4,6-8H,5H2,1-2H3;3-6H,1-2H3,(H,9,10). The molecule has 1 spiro atoms. The minimum absolute atomic E-state index is 0.0220. The molecule has 1 fully saturated rings. The number of rotatable bonds is 9. The molecular weight excluding hydrogens is 1320 g/mol. The molecule has 0 saturated heterocycles. The number of para-hydroxylation sites is 2. The average Bonchev–Trinajstić information content (AvgIpc) is 1.57. The van der Waals surface area contributed by atoms with Gasteiger partial charge in [-0.25, -0.2) is 14.2 Å². The van der Waals surface area contributed by atoms with Crippen molar-refractivity contribution in [1.29, 1.82) is 0 Å². The first-order chi connectivity index (χ1) is 49.8. The van der Waals surface area contributed by atoms with E-state index >= 15 is 0 Å². The lowest BCUT2D eigenvalue weighted by molar-refractivity contribution is 0.0947. The second-order valence-electron chi connectivity index (χ2n) is 29.6. The number of carbonyl (C=O) groups excluding carboxylic acids is 4. The smallest absolute Gasteiger partial charge is 0.326 e. The van der Waals surface area contributed by atoms with E-state index in [2.05, 4.69) is 177 Å². The summed E-state index contributed by atoms with van der Waals surface area (Å²) in [6.07, 6.45) is 12.7. The van der Waals surface area contributed by atoms with Gasteiger partial charge in [0, 0.05) is 54.7 Å². The van der Waals surface area contributed by atoms with Crippen LogP contribution in [-0.2, 0) is 25.0 Å². The monoisotopic (exact) mass is 1420 g/mol. The fraction of sp³-hybridized carbons (Fsp3) is 0.356. The van der Waals surface area contributed by atoms with Crippen LogP contribution in [0, 0.1) is 5.82 Å². The molecule has 0 atom stereocenters. The molecule has 2 aliphatic carbocycles. The molecule has 3 amide bonds. The van der Waals surface area contributed by atoms with Crippen LogP contribution >= 0.6 is 0 Å². The van der Waals surface area contributed by atoms with Gasteiger partial charge in [-0.05, 0) is 188 Å². The zero-order chi connectivity index (χ0) is 76.7. The Balaban J connectivity index is 0.000000152. The molecule has 7 N–H and O–H groups in total. The summed E-state index contributed by atoms with van der Waals surface area (Å²) in [5, 5.41) is 9.94. The van der Waals surface area contributed by atoms with Crippen molar-refractivity contribution in [2.24, 2.45) is 0 Å². The predicted octanol–water partition coefficient (Wildman–Crippen LogP) is 17.5. The van der Waals surface area contributed by atoms with Gasteiger partial charge in [0.25, 0.3) is 28.8 Å². The van der Waals surface area contributed by atoms with Crippen LogP contribution in [0.4, 0.5) is 4.39 Å². The molecule has 17 nitrogen and oxygen atoms in total. The Kier molecular flexibility index (Phi) is 27.1. The van der Waals surface area contributed by atoms with Crippen LogP contribution in [-0.4, -0.2) is 53.4 Å². The number of pyridine rings is 2. The zero-order valence-corrected chi connectivity index (χ0v) is 63.7. The van der Waals surface area contributed by atoms with Crippen LogP contribution in [0.15, 0.2) is 171 Å². The third-order valence-electron chi connectivity index (χ3n) is 19.1. The third-order valence-corrected chi connectivity index (χ3v) is 19.1. The number of aromatic nitrogens is 6. The van der Waals surface area contributed by atoms with Gasteiger partial charge in [0.05, 0.1) is 44.9 Å². The first-order valence-electron chi connectivity index (χ1n) is 36.4. The molecule has 4 aromatic heterocycles. The number of nitrogens with zero attached hydrogens (tertiary/aromatic N) is 2. The number of ketones is 1. The van der Waals surface area contributed by atoms with Crippen LogP contribution in [0.3, 0.4) is 0 Å². The van der Waals surface area contributed by atoms with Gasteiger partial charge in [-0.2, -0.15) is 0 Å². The number of fused-ring (bicyclic) bond motifs is 7. The second-order valence-corrected chi connectivity index (χ2v) is 29.6. The number of allylic oxidation sites excluding steroid dienone is 1. The van der Waals surface area contributed by atoms with Crippen molar-refractivity contribution in [3.63, 3.8) is 0 Å². The number of benzene rings is 6. The van der Waals surface area contributed by atoms with Gasteiger partial charge in [-0.3, -0.25) is 43.5 Å². The summed E-state index contributed by atoms with van der Waals surface area (Å²) in [7, 11) is 0. The fourth-order valence-corrected chi connectivity index (χ4v) is 12.5. The summed E-state index contributed by atoms with van der Waals surface area (Å²) in [4.78, 5) is 109. The summed E-state index contributed by atoms with van der Waals surface area (Å²) in [5.74, 6) is 3.04. The highest BCUT2D eigenvalue weighted by molar-refractivity contribution is 6.01. The lowest BCUT2D eigenvalue weighted by atomic mass is 9.95. The average molecular weight is 1420 g/mol. The highest BCUT2D eigenvalue weighted by Crippen LogP contribution is 2.50. The number of carbonyl (C=O) groups is 4. The van der Waals surface area contributed by atoms with E-state index in [-0.39, 0.29) is 57.2 Å². The minimum Gasteiger partial charge on any atom is -0.348 e. The molecule has 18 heteroatoms. The van der Waals surface area contributed by atoms with Gasteiger partial charge in [-0.15, -0.1) is 0 Å². The Bertz CT molecular complexity index is 5050. The molecule has 3 aliphatic heterocycles. The van der Waals surface area contributed by atoms with Gasteiger partial charge < -0.3 is 30.9 Å². The molecule has 5 aliphatic rings. The lowest BCUT2D eigenvalue weighted by Crippen LogP contribution is -2.25. The summed E-state index contributed by atoms with van der Waals surface area (Å²) < 4.78 is 13.1. The number of amides is 3. The SMILES string of the molecule is CC(=O)c1cc(C(C)C)ccc1F.CC(C)c1cc[nH]c(=O)c1.CC(C)c1ccc2c(c1)C(=O)NC2.CC(C)c1ccc2c(c1)C(=O)NC21CC1.CC(C)c1cccc2c(=O)[nH]c(=O)[nH]c12.CC(C)c1cccc2c(=O)[nH]cnc12.CC(C)c1cccc2c1CNC2=O.CC(C)c1cnc2c(c1)C=CC2. The Labute approximate surface area is 614 Å². The molecule has 1 saturated carbocycles. The van der Waals surface area contributed by atoms with E-state index < -0.39 is 11.5 Å². The normalized spacial score (nSPS) is 13.5. The highest BCUT2D eigenvalue weighted by Gasteiger charge is 2.52. The molecular formula is C87H102FN9O8. The van der Waals surface area contributed by atoms with E-state index in [0.29, 0.717) is 70.8 Å². The zero-order valence-electron chi connectivity index (χ0n) is 63.7. The van der Waals surface area contributed by atoms with E-state index in [0.717, 1.165) is 69.3 Å². The Morgan fingerprint density at radius 2 is 1.06 bits per heavy atom. The molecule has 0 radical (unpaired) electrons. The van der Waals surface area contributed by atoms with Gasteiger partial charge >= 0.3 is 5.69 Å². The highest BCUT2D eigenvalue weighted by atomic mass is 19.1. The molecule has 15 rings (SSSR count). The summed E-state index contributed by atoms with van der Waals surface area (Å²) in [5.41, 5.74) is 18.7. The number of hydrogen-bond acceptors (Lipinski definition) is 10. The first-order valence-corrected chi connectivity index (χ1v) is 36.4. The quantitative estimate of drug-likeness (QED) is 0.0672. The van der Waals surface area contributed by atoms with E-state index in [9.17, 15) is 42.7 Å². The van der Waals surface area contributed by atoms with Gasteiger partial charge in [0.2, 0.25) is 5.56 Å². The van der Waals surface area contributed by atoms with Crippen LogP contribution < -0.4 is 38.3 Å². The molecule has 105 heavy (non-hydrogen) atoms. The van der Waals surface area contributed by atoms with Crippen molar-refractivity contribution in [1.82, 2.24) is 45.9 Å². The summed E-state index contributed by atoms with van der Waals surface area (Å²) in [6, 6.07) is 40.1. The van der Waals surface area contributed by atoms with E-state index in [1.54, 1.807) is 36.5 Å². The fourth-order valence-electron chi connectivity index (χ4n) is 12.5. The van der Waals surface area contributed by atoms with Crippen molar-refractivity contribution >= 4 is 51.4 Å². The number of Topliss-reactive ketones (excluding diaryl/α,β-unsaturated/α-hetero) is 1. The molecule has 7 heterocycles. The molecule has 550 valence electrons. The molecule has 0 unspecified atom stereocenters. The summed E-state index contributed by atoms with van der Waals surface area (Å²) >= 11 is 0. The number of nitrogens with one attached hydrogen (secondary N) is 7. The Morgan fingerprint density at radius 1 is 0.495 bits per heavy atom. The van der Waals surface area contributed by atoms with Crippen molar-refractivity contribution in [2.45, 2.75) is 203 Å². The topological polar surface area (TPSA) is 262 Å². The van der Waals surface area contributed by atoms with E-state index in [4.69, 9.17) is 0 Å². The maximum absolute atomic E-state index is 13.1. The van der Waals surface area contributed by atoms with Gasteiger partial charge in [-0.1, -0.05) is 190 Å². The minimum atomic E-state index is -0.458. The maximum Gasteiger partial charge on any atom is 0.326 e. The van der Waals surface area contributed by atoms with Crippen LogP contribution in [0.25, 0.3) is 27.9 Å². The maximum atomic E-state index is 13.1. The number of halogens is 1. The third kappa shape index (κ3) is 20.4. The number of hydrogen-bond donors (Lipinski definition) is 7. The summed E-state index contributed by atoms with van der Waals surface area (Å²) in [6.45, 7) is 36.4. The Hall–Kier alpha value is -10.8.